The summed E-state index contributed by atoms with van der Waals surface area (Å²) >= 11 is 3.46. The molecule has 1 amide bonds. The van der Waals surface area contributed by atoms with Crippen LogP contribution < -0.4 is 14.8 Å². The molecule has 0 unspecified atom stereocenters. The third-order valence-corrected chi connectivity index (χ3v) is 5.01. The fourth-order valence-electron chi connectivity index (χ4n) is 2.94. The first-order valence-corrected chi connectivity index (χ1v) is 10.8. The Morgan fingerprint density at radius 1 is 1.00 bits per heavy atom. The Hall–Kier alpha value is -2.79. The highest BCUT2D eigenvalue weighted by atomic mass is 79.9. The van der Waals surface area contributed by atoms with E-state index >= 15 is 0 Å². The van der Waals surface area contributed by atoms with Crippen molar-refractivity contribution in [2.24, 2.45) is 0 Å². The van der Waals surface area contributed by atoms with Crippen molar-refractivity contribution in [2.75, 3.05) is 11.9 Å². The van der Waals surface area contributed by atoms with Crippen LogP contribution in [0.1, 0.15) is 36.2 Å². The van der Waals surface area contributed by atoms with Crippen LogP contribution in [0.3, 0.4) is 0 Å². The van der Waals surface area contributed by atoms with Crippen LogP contribution in [-0.2, 0) is 6.42 Å². The summed E-state index contributed by atoms with van der Waals surface area (Å²) in [6.07, 6.45) is 2.01. The molecule has 30 heavy (non-hydrogen) atoms. The zero-order valence-electron chi connectivity index (χ0n) is 17.2. The summed E-state index contributed by atoms with van der Waals surface area (Å²) in [5, 5.41) is 2.91. The van der Waals surface area contributed by atoms with Crippen molar-refractivity contribution in [1.82, 2.24) is 0 Å². The Morgan fingerprint density at radius 3 is 2.40 bits per heavy atom. The molecule has 0 saturated heterocycles. The Bertz CT molecular complexity index is 956. The summed E-state index contributed by atoms with van der Waals surface area (Å²) in [6, 6.07) is 23.1. The second-order valence-corrected chi connectivity index (χ2v) is 8.08. The predicted molar refractivity (Wildman–Crippen MR) is 125 cm³/mol. The summed E-state index contributed by atoms with van der Waals surface area (Å²) in [7, 11) is 0. The number of carbonyl (C=O) groups is 1. The lowest BCUT2D eigenvalue weighted by atomic mass is 10.1. The summed E-state index contributed by atoms with van der Waals surface area (Å²) < 4.78 is 12.2. The molecule has 0 aliphatic heterocycles. The molecular formula is C25H26BrNO3. The fourth-order valence-corrected chi connectivity index (χ4v) is 3.41. The normalized spacial score (nSPS) is 10.7. The van der Waals surface area contributed by atoms with Crippen LogP contribution in [0.4, 0.5) is 5.69 Å². The number of ether oxygens (including phenoxy) is 2. The van der Waals surface area contributed by atoms with Crippen molar-refractivity contribution in [3.8, 4) is 11.5 Å². The van der Waals surface area contributed by atoms with Crippen LogP contribution in [0.25, 0.3) is 0 Å². The number of benzene rings is 3. The molecule has 0 aromatic heterocycles. The first-order valence-electron chi connectivity index (χ1n) is 10.1. The van der Waals surface area contributed by atoms with Crippen LogP contribution in [0.5, 0.6) is 11.5 Å². The third kappa shape index (κ3) is 6.63. The maximum atomic E-state index is 12.5. The molecule has 0 spiro atoms. The van der Waals surface area contributed by atoms with Gasteiger partial charge in [-0.1, -0.05) is 30.3 Å². The summed E-state index contributed by atoms with van der Waals surface area (Å²) in [5.74, 6) is 1.33. The molecule has 1 N–H and O–H groups in total. The van der Waals surface area contributed by atoms with E-state index in [1.165, 1.54) is 5.56 Å². The van der Waals surface area contributed by atoms with Crippen LogP contribution in [0.2, 0.25) is 0 Å². The molecule has 0 atom stereocenters. The topological polar surface area (TPSA) is 47.6 Å². The van der Waals surface area contributed by atoms with Crippen LogP contribution in [0.15, 0.2) is 77.3 Å². The number of rotatable bonds is 9. The average molecular weight is 468 g/mol. The summed E-state index contributed by atoms with van der Waals surface area (Å²) in [6.45, 7) is 4.58. The maximum absolute atomic E-state index is 12.5. The number of carbonyl (C=O) groups excluding carboxylic acids is 1. The molecule has 156 valence electrons. The molecule has 5 heteroatoms. The number of aryl methyl sites for hydroxylation is 1. The molecule has 0 heterocycles. The highest BCUT2D eigenvalue weighted by Gasteiger charge is 2.10. The Morgan fingerprint density at radius 2 is 1.73 bits per heavy atom. The van der Waals surface area contributed by atoms with E-state index in [4.69, 9.17) is 9.47 Å². The van der Waals surface area contributed by atoms with E-state index in [-0.39, 0.29) is 12.0 Å². The van der Waals surface area contributed by atoms with E-state index < -0.39 is 0 Å². The van der Waals surface area contributed by atoms with Gasteiger partial charge in [0.1, 0.15) is 11.5 Å². The molecule has 0 aliphatic rings. The minimum Gasteiger partial charge on any atom is -0.494 e. The molecule has 0 fully saturated rings. The quantitative estimate of drug-likeness (QED) is 0.365. The highest BCUT2D eigenvalue weighted by Crippen LogP contribution is 2.27. The number of hydrogen-bond donors (Lipinski definition) is 1. The van der Waals surface area contributed by atoms with Crippen molar-refractivity contribution in [3.05, 3.63) is 88.4 Å². The average Bonchev–Trinajstić information content (AvgIpc) is 2.74. The number of halogens is 1. The Labute approximate surface area is 186 Å². The summed E-state index contributed by atoms with van der Waals surface area (Å²) in [4.78, 5) is 12.5. The number of nitrogens with one attached hydrogen (secondary N) is 1. The molecule has 0 radical (unpaired) electrons. The van der Waals surface area contributed by atoms with Gasteiger partial charge in [-0.25, -0.2) is 0 Å². The second kappa shape index (κ2) is 10.8. The number of amides is 1. The van der Waals surface area contributed by atoms with Gasteiger partial charge in [0.25, 0.3) is 5.91 Å². The van der Waals surface area contributed by atoms with Gasteiger partial charge in [-0.15, -0.1) is 0 Å². The predicted octanol–water partition coefficient (Wildman–Crippen LogP) is 6.50. The molecule has 3 aromatic rings. The lowest BCUT2D eigenvalue weighted by Gasteiger charge is -2.13. The molecule has 0 saturated carbocycles. The van der Waals surface area contributed by atoms with Gasteiger partial charge in [-0.05, 0) is 90.6 Å². The number of hydrogen-bond acceptors (Lipinski definition) is 3. The van der Waals surface area contributed by atoms with E-state index in [1.54, 1.807) is 18.2 Å². The van der Waals surface area contributed by atoms with Gasteiger partial charge >= 0.3 is 0 Å². The zero-order chi connectivity index (χ0) is 21.3. The zero-order valence-corrected chi connectivity index (χ0v) is 18.8. The van der Waals surface area contributed by atoms with E-state index in [1.807, 2.05) is 44.2 Å². The molecule has 3 rings (SSSR count). The molecule has 4 nitrogen and oxygen atoms in total. The molecule has 0 aliphatic carbocycles. The Kier molecular flexibility index (Phi) is 7.91. The monoisotopic (exact) mass is 467 g/mol. The standard InChI is InChI=1S/C25H26BrNO3/c1-18(2)30-24-15-10-20(17-23(24)26)25(28)27-21-11-13-22(14-12-21)29-16-6-9-19-7-4-3-5-8-19/h3-5,7-8,10-15,17-18H,6,9,16H2,1-2H3,(H,27,28). The SMILES string of the molecule is CC(C)Oc1ccc(C(=O)Nc2ccc(OCCCc3ccccc3)cc2)cc1Br. The van der Waals surface area contributed by atoms with Gasteiger partial charge in [0, 0.05) is 11.3 Å². The van der Waals surface area contributed by atoms with Crippen molar-refractivity contribution < 1.29 is 14.3 Å². The summed E-state index contributed by atoms with van der Waals surface area (Å²) in [5.41, 5.74) is 2.59. The van der Waals surface area contributed by atoms with Gasteiger partial charge in [-0.3, -0.25) is 4.79 Å². The van der Waals surface area contributed by atoms with Crippen molar-refractivity contribution >= 4 is 27.5 Å². The van der Waals surface area contributed by atoms with E-state index in [0.29, 0.717) is 12.2 Å². The largest absolute Gasteiger partial charge is 0.494 e. The van der Waals surface area contributed by atoms with E-state index in [0.717, 1.165) is 34.5 Å². The van der Waals surface area contributed by atoms with Crippen molar-refractivity contribution in [2.45, 2.75) is 32.8 Å². The first kappa shape index (κ1) is 21.9. The van der Waals surface area contributed by atoms with Crippen LogP contribution in [-0.4, -0.2) is 18.6 Å². The minimum atomic E-state index is -0.177. The molecular weight excluding hydrogens is 442 g/mol. The second-order valence-electron chi connectivity index (χ2n) is 7.23. The fraction of sp³-hybridized carbons (Fsp3) is 0.240. The lowest BCUT2D eigenvalue weighted by Crippen LogP contribution is -2.12. The van der Waals surface area contributed by atoms with E-state index in [9.17, 15) is 4.79 Å². The lowest BCUT2D eigenvalue weighted by molar-refractivity contribution is 0.102. The van der Waals surface area contributed by atoms with Crippen LogP contribution >= 0.6 is 15.9 Å². The third-order valence-electron chi connectivity index (χ3n) is 4.39. The molecule has 0 bridgehead atoms. The highest BCUT2D eigenvalue weighted by molar-refractivity contribution is 9.10. The van der Waals surface area contributed by atoms with Crippen molar-refractivity contribution in [1.29, 1.82) is 0 Å². The van der Waals surface area contributed by atoms with Gasteiger partial charge in [0.05, 0.1) is 17.2 Å². The van der Waals surface area contributed by atoms with Gasteiger partial charge in [0.15, 0.2) is 0 Å². The first-order chi connectivity index (χ1) is 14.5. The van der Waals surface area contributed by atoms with Gasteiger partial charge in [-0.2, -0.15) is 0 Å². The van der Waals surface area contributed by atoms with Crippen LogP contribution in [0, 0.1) is 0 Å². The smallest absolute Gasteiger partial charge is 0.255 e. The Balaban J connectivity index is 1.49. The maximum Gasteiger partial charge on any atom is 0.255 e. The van der Waals surface area contributed by atoms with Crippen molar-refractivity contribution in [3.63, 3.8) is 0 Å². The number of anilines is 1. The van der Waals surface area contributed by atoms with Gasteiger partial charge in [0.2, 0.25) is 0 Å². The van der Waals surface area contributed by atoms with E-state index in [2.05, 4.69) is 45.5 Å². The minimum absolute atomic E-state index is 0.0695. The van der Waals surface area contributed by atoms with Gasteiger partial charge < -0.3 is 14.8 Å². The molecule has 3 aromatic carbocycles.